The number of Topliss-reactive ketones (excluding diaryl/α,β-unsaturated/α-hetero) is 1. The van der Waals surface area contributed by atoms with E-state index in [2.05, 4.69) is 5.32 Å². The standard InChI is InChI=1S/C16H19NO4/c1-16(2)8-13(18)12-7-11(5-6-14(12)21-16)20-9-15(19)17-10-3-4-10/h5-7,10H,3-4,8-9H2,1-2H3,(H,17,19). The second kappa shape index (κ2) is 5.06. The van der Waals surface area contributed by atoms with Crippen molar-refractivity contribution in [3.63, 3.8) is 0 Å². The molecule has 0 unspecified atom stereocenters. The summed E-state index contributed by atoms with van der Waals surface area (Å²) in [7, 11) is 0. The number of ketones is 1. The average molecular weight is 289 g/mol. The Morgan fingerprint density at radius 1 is 1.43 bits per heavy atom. The fraction of sp³-hybridized carbons (Fsp3) is 0.500. The molecule has 1 fully saturated rings. The third-order valence-corrected chi connectivity index (χ3v) is 3.54. The maximum absolute atomic E-state index is 12.1. The molecular formula is C16H19NO4. The Morgan fingerprint density at radius 3 is 2.90 bits per heavy atom. The highest BCUT2D eigenvalue weighted by atomic mass is 16.5. The molecule has 112 valence electrons. The zero-order chi connectivity index (χ0) is 15.0. The van der Waals surface area contributed by atoms with Gasteiger partial charge in [0.05, 0.1) is 12.0 Å². The van der Waals surface area contributed by atoms with E-state index in [1.807, 2.05) is 13.8 Å². The van der Waals surface area contributed by atoms with E-state index in [-0.39, 0.29) is 18.3 Å². The van der Waals surface area contributed by atoms with Crippen LogP contribution in [0.4, 0.5) is 0 Å². The Bertz CT molecular complexity index is 590. The Balaban J connectivity index is 1.66. The number of hydrogen-bond donors (Lipinski definition) is 1. The molecule has 21 heavy (non-hydrogen) atoms. The van der Waals surface area contributed by atoms with Crippen LogP contribution < -0.4 is 14.8 Å². The zero-order valence-electron chi connectivity index (χ0n) is 12.3. The molecule has 1 N–H and O–H groups in total. The molecular weight excluding hydrogens is 270 g/mol. The predicted molar refractivity (Wildman–Crippen MR) is 76.8 cm³/mol. The fourth-order valence-electron chi connectivity index (χ4n) is 2.37. The second-order valence-electron chi connectivity index (χ2n) is 6.25. The summed E-state index contributed by atoms with van der Waals surface area (Å²) in [6.45, 7) is 3.75. The highest BCUT2D eigenvalue weighted by Crippen LogP contribution is 2.35. The predicted octanol–water partition coefficient (Wildman–Crippen LogP) is 2.09. The van der Waals surface area contributed by atoms with Crippen molar-refractivity contribution in [2.75, 3.05) is 6.61 Å². The van der Waals surface area contributed by atoms with Gasteiger partial charge in [-0.1, -0.05) is 0 Å². The van der Waals surface area contributed by atoms with E-state index in [0.717, 1.165) is 12.8 Å². The van der Waals surface area contributed by atoms with Gasteiger partial charge in [-0.25, -0.2) is 0 Å². The first-order valence-corrected chi connectivity index (χ1v) is 7.21. The molecule has 3 rings (SSSR count). The van der Waals surface area contributed by atoms with Gasteiger partial charge >= 0.3 is 0 Å². The van der Waals surface area contributed by atoms with E-state index < -0.39 is 5.60 Å². The fourth-order valence-corrected chi connectivity index (χ4v) is 2.37. The third-order valence-electron chi connectivity index (χ3n) is 3.54. The van der Waals surface area contributed by atoms with Crippen LogP contribution in [0, 0.1) is 0 Å². The lowest BCUT2D eigenvalue weighted by Gasteiger charge is -2.31. The van der Waals surface area contributed by atoms with Gasteiger partial charge in [0.2, 0.25) is 0 Å². The number of hydrogen-bond acceptors (Lipinski definition) is 4. The van der Waals surface area contributed by atoms with Gasteiger partial charge in [0, 0.05) is 6.04 Å². The number of fused-ring (bicyclic) bond motifs is 1. The van der Waals surface area contributed by atoms with E-state index >= 15 is 0 Å². The normalized spacial score (nSPS) is 19.4. The van der Waals surface area contributed by atoms with Crippen molar-refractivity contribution >= 4 is 11.7 Å². The zero-order valence-corrected chi connectivity index (χ0v) is 12.3. The molecule has 1 saturated carbocycles. The molecule has 2 aliphatic rings. The maximum Gasteiger partial charge on any atom is 0.258 e. The monoisotopic (exact) mass is 289 g/mol. The number of carbonyl (C=O) groups excluding carboxylic acids is 2. The molecule has 1 aliphatic carbocycles. The molecule has 0 saturated heterocycles. The van der Waals surface area contributed by atoms with Crippen LogP contribution in [-0.4, -0.2) is 29.9 Å². The lowest BCUT2D eigenvalue weighted by atomic mass is 9.93. The number of benzene rings is 1. The minimum Gasteiger partial charge on any atom is -0.487 e. The van der Waals surface area contributed by atoms with Crippen LogP contribution in [0.25, 0.3) is 0 Å². The van der Waals surface area contributed by atoms with Gasteiger partial charge in [-0.3, -0.25) is 9.59 Å². The molecule has 1 aromatic rings. The van der Waals surface area contributed by atoms with Crippen molar-refractivity contribution in [2.24, 2.45) is 0 Å². The van der Waals surface area contributed by atoms with Crippen LogP contribution in [0.2, 0.25) is 0 Å². The van der Waals surface area contributed by atoms with E-state index in [1.165, 1.54) is 0 Å². The molecule has 1 aliphatic heterocycles. The van der Waals surface area contributed by atoms with Crippen LogP contribution >= 0.6 is 0 Å². The van der Waals surface area contributed by atoms with Crippen LogP contribution in [0.1, 0.15) is 43.5 Å². The van der Waals surface area contributed by atoms with Gasteiger partial charge in [-0.15, -0.1) is 0 Å². The average Bonchev–Trinajstić information content (AvgIpc) is 3.19. The first kappa shape index (κ1) is 13.9. The molecule has 1 aromatic carbocycles. The first-order chi connectivity index (χ1) is 9.93. The summed E-state index contributed by atoms with van der Waals surface area (Å²) in [5.41, 5.74) is 0.0470. The van der Waals surface area contributed by atoms with Crippen LogP contribution in [0.3, 0.4) is 0 Å². The summed E-state index contributed by atoms with van der Waals surface area (Å²) in [6.07, 6.45) is 2.43. The maximum atomic E-state index is 12.1. The Hall–Kier alpha value is -2.04. The van der Waals surface area contributed by atoms with Crippen LogP contribution in [0.15, 0.2) is 18.2 Å². The van der Waals surface area contributed by atoms with Gasteiger partial charge < -0.3 is 14.8 Å². The number of nitrogens with one attached hydrogen (secondary N) is 1. The molecule has 1 heterocycles. The van der Waals surface area contributed by atoms with E-state index in [0.29, 0.717) is 29.5 Å². The van der Waals surface area contributed by atoms with Gasteiger partial charge in [0.15, 0.2) is 12.4 Å². The van der Waals surface area contributed by atoms with Gasteiger partial charge in [0.1, 0.15) is 17.1 Å². The number of carbonyl (C=O) groups is 2. The molecule has 1 amide bonds. The van der Waals surface area contributed by atoms with Gasteiger partial charge in [-0.05, 0) is 44.9 Å². The van der Waals surface area contributed by atoms with Gasteiger partial charge in [-0.2, -0.15) is 0 Å². The highest BCUT2D eigenvalue weighted by Gasteiger charge is 2.32. The van der Waals surface area contributed by atoms with Crippen LogP contribution in [-0.2, 0) is 4.79 Å². The van der Waals surface area contributed by atoms with Crippen molar-refractivity contribution in [3.05, 3.63) is 23.8 Å². The van der Waals surface area contributed by atoms with Crippen molar-refractivity contribution in [2.45, 2.75) is 44.8 Å². The Kier molecular flexibility index (Phi) is 3.35. The lowest BCUT2D eigenvalue weighted by molar-refractivity contribution is -0.123. The van der Waals surface area contributed by atoms with Crippen molar-refractivity contribution in [1.29, 1.82) is 0 Å². The smallest absolute Gasteiger partial charge is 0.258 e. The van der Waals surface area contributed by atoms with Crippen molar-refractivity contribution < 1.29 is 19.1 Å². The van der Waals surface area contributed by atoms with E-state index in [9.17, 15) is 9.59 Å². The van der Waals surface area contributed by atoms with Crippen LogP contribution in [0.5, 0.6) is 11.5 Å². The second-order valence-corrected chi connectivity index (χ2v) is 6.25. The first-order valence-electron chi connectivity index (χ1n) is 7.21. The summed E-state index contributed by atoms with van der Waals surface area (Å²) in [5, 5.41) is 2.85. The van der Waals surface area contributed by atoms with Gasteiger partial charge in [0.25, 0.3) is 5.91 Å². The third kappa shape index (κ3) is 3.35. The minimum atomic E-state index is -0.476. The molecule has 5 heteroatoms. The number of amides is 1. The summed E-state index contributed by atoms with van der Waals surface area (Å²) in [4.78, 5) is 23.7. The topological polar surface area (TPSA) is 64.6 Å². The SMILES string of the molecule is CC1(C)CC(=O)c2cc(OCC(=O)NC3CC3)ccc2O1. The van der Waals surface area contributed by atoms with E-state index in [4.69, 9.17) is 9.47 Å². The van der Waals surface area contributed by atoms with E-state index in [1.54, 1.807) is 18.2 Å². The van der Waals surface area contributed by atoms with Crippen molar-refractivity contribution in [1.82, 2.24) is 5.32 Å². The van der Waals surface area contributed by atoms with Crippen molar-refractivity contribution in [3.8, 4) is 11.5 Å². The molecule has 0 aromatic heterocycles. The number of rotatable bonds is 4. The molecule has 0 atom stereocenters. The molecule has 0 radical (unpaired) electrons. The quantitative estimate of drug-likeness (QED) is 0.921. The minimum absolute atomic E-state index is 0.0319. The summed E-state index contributed by atoms with van der Waals surface area (Å²) < 4.78 is 11.2. The Morgan fingerprint density at radius 2 is 2.19 bits per heavy atom. The molecule has 0 bridgehead atoms. The lowest BCUT2D eigenvalue weighted by Crippen LogP contribution is -2.35. The molecule has 0 spiro atoms. The highest BCUT2D eigenvalue weighted by molar-refractivity contribution is 6.00. The molecule has 5 nitrogen and oxygen atoms in total. The Labute approximate surface area is 123 Å². The number of ether oxygens (including phenoxy) is 2. The summed E-state index contributed by atoms with van der Waals surface area (Å²) >= 11 is 0. The largest absolute Gasteiger partial charge is 0.487 e. The summed E-state index contributed by atoms with van der Waals surface area (Å²) in [5.74, 6) is 0.996. The summed E-state index contributed by atoms with van der Waals surface area (Å²) in [6, 6.07) is 5.42.